The summed E-state index contributed by atoms with van der Waals surface area (Å²) in [5.74, 6) is 0.0137. The van der Waals surface area contributed by atoms with E-state index in [1.807, 2.05) is 0 Å². The third kappa shape index (κ3) is 5.00. The smallest absolute Gasteiger partial charge is 0.251 e. The summed E-state index contributed by atoms with van der Waals surface area (Å²) in [6.07, 6.45) is 0. The molecule has 2 N–H and O–H groups in total. The second kappa shape index (κ2) is 9.40. The van der Waals surface area contributed by atoms with Crippen molar-refractivity contribution in [3.63, 3.8) is 0 Å². The van der Waals surface area contributed by atoms with Crippen LogP contribution in [0.1, 0.15) is 27.6 Å². The minimum atomic E-state index is -0.480. The Hall–Kier alpha value is -3.55. The van der Waals surface area contributed by atoms with E-state index in [2.05, 4.69) is 10.6 Å². The Morgan fingerprint density at radius 1 is 0.893 bits per heavy atom. The summed E-state index contributed by atoms with van der Waals surface area (Å²) >= 11 is 0. The molecule has 0 saturated heterocycles. The predicted molar refractivity (Wildman–Crippen MR) is 104 cm³/mol. The van der Waals surface area contributed by atoms with E-state index >= 15 is 0 Å². The number of hydrogen-bond donors (Lipinski definition) is 2. The molecule has 2 aromatic carbocycles. The molecular formula is C20H22N2O6. The molecule has 148 valence electrons. The molecule has 8 heteroatoms. The number of rotatable bonds is 8. The minimum absolute atomic E-state index is 0.105. The lowest BCUT2D eigenvalue weighted by Crippen LogP contribution is -2.32. The third-order valence-corrected chi connectivity index (χ3v) is 3.89. The van der Waals surface area contributed by atoms with Gasteiger partial charge >= 0.3 is 0 Å². The van der Waals surface area contributed by atoms with Crippen LogP contribution in [0, 0.1) is 0 Å². The van der Waals surface area contributed by atoms with Crippen LogP contribution in [0.3, 0.4) is 0 Å². The summed E-state index contributed by atoms with van der Waals surface area (Å²) in [5.41, 5.74) is 1.21. The van der Waals surface area contributed by atoms with Crippen LogP contribution in [0.4, 0.5) is 5.69 Å². The van der Waals surface area contributed by atoms with Gasteiger partial charge in [-0.15, -0.1) is 0 Å². The highest BCUT2D eigenvalue weighted by atomic mass is 16.5. The number of nitrogens with one attached hydrogen (secondary N) is 2. The first-order valence-electron chi connectivity index (χ1n) is 8.38. The largest absolute Gasteiger partial charge is 0.493 e. The van der Waals surface area contributed by atoms with Gasteiger partial charge in [0.05, 0.1) is 27.9 Å². The van der Waals surface area contributed by atoms with Crippen molar-refractivity contribution in [1.29, 1.82) is 0 Å². The normalized spacial score (nSPS) is 10.0. The van der Waals surface area contributed by atoms with Gasteiger partial charge in [0.1, 0.15) is 0 Å². The zero-order valence-electron chi connectivity index (χ0n) is 16.1. The Labute approximate surface area is 162 Å². The van der Waals surface area contributed by atoms with Gasteiger partial charge < -0.3 is 24.8 Å². The molecule has 0 aliphatic carbocycles. The van der Waals surface area contributed by atoms with Crippen molar-refractivity contribution in [2.24, 2.45) is 0 Å². The van der Waals surface area contributed by atoms with E-state index < -0.39 is 11.8 Å². The summed E-state index contributed by atoms with van der Waals surface area (Å²) in [5, 5.41) is 5.16. The Kier molecular flexibility index (Phi) is 6.97. The van der Waals surface area contributed by atoms with Crippen LogP contribution in [0.25, 0.3) is 0 Å². The molecule has 0 atom stereocenters. The number of carbonyl (C=O) groups excluding carboxylic acids is 3. The monoisotopic (exact) mass is 386 g/mol. The molecule has 0 aliphatic heterocycles. The summed E-state index contributed by atoms with van der Waals surface area (Å²) in [7, 11) is 4.36. The minimum Gasteiger partial charge on any atom is -0.493 e. The predicted octanol–water partition coefficient (Wildman–Crippen LogP) is 2.28. The number of amides is 2. The van der Waals surface area contributed by atoms with E-state index in [-0.39, 0.29) is 17.9 Å². The van der Waals surface area contributed by atoms with Crippen molar-refractivity contribution in [3.8, 4) is 17.2 Å². The zero-order valence-corrected chi connectivity index (χ0v) is 16.1. The molecule has 28 heavy (non-hydrogen) atoms. The molecule has 0 bridgehead atoms. The van der Waals surface area contributed by atoms with Crippen LogP contribution >= 0.6 is 0 Å². The molecule has 0 radical (unpaired) electrons. The maximum absolute atomic E-state index is 12.4. The summed E-state index contributed by atoms with van der Waals surface area (Å²) in [6, 6.07) is 9.54. The van der Waals surface area contributed by atoms with Crippen LogP contribution in [0.15, 0.2) is 36.4 Å². The van der Waals surface area contributed by atoms with Gasteiger partial charge in [-0.25, -0.2) is 0 Å². The summed E-state index contributed by atoms with van der Waals surface area (Å²) < 4.78 is 15.6. The maximum Gasteiger partial charge on any atom is 0.251 e. The van der Waals surface area contributed by atoms with Crippen molar-refractivity contribution >= 4 is 23.3 Å². The fourth-order valence-electron chi connectivity index (χ4n) is 2.50. The number of methoxy groups -OCH3 is 3. The van der Waals surface area contributed by atoms with Gasteiger partial charge in [0.15, 0.2) is 17.3 Å². The summed E-state index contributed by atoms with van der Waals surface area (Å²) in [6.45, 7) is 1.19. The second-order valence-electron chi connectivity index (χ2n) is 5.78. The van der Waals surface area contributed by atoms with Gasteiger partial charge in [0.2, 0.25) is 11.7 Å². The van der Waals surface area contributed by atoms with E-state index in [1.165, 1.54) is 40.4 Å². The molecule has 0 fully saturated rings. The Morgan fingerprint density at radius 2 is 1.54 bits per heavy atom. The molecule has 0 spiro atoms. The first-order valence-corrected chi connectivity index (χ1v) is 8.38. The van der Waals surface area contributed by atoms with Crippen LogP contribution in [-0.2, 0) is 4.79 Å². The van der Waals surface area contributed by atoms with E-state index in [0.717, 1.165) is 0 Å². The number of hydrogen-bond acceptors (Lipinski definition) is 6. The fraction of sp³-hybridized carbons (Fsp3) is 0.250. The van der Waals surface area contributed by atoms with Crippen molar-refractivity contribution in [1.82, 2.24) is 5.32 Å². The molecule has 0 saturated carbocycles. The first kappa shape index (κ1) is 20.8. The van der Waals surface area contributed by atoms with Gasteiger partial charge in [0.25, 0.3) is 5.91 Å². The Morgan fingerprint density at radius 3 is 2.07 bits per heavy atom. The van der Waals surface area contributed by atoms with Crippen LogP contribution in [0.2, 0.25) is 0 Å². The van der Waals surface area contributed by atoms with Crippen molar-refractivity contribution in [2.45, 2.75) is 6.92 Å². The van der Waals surface area contributed by atoms with Crippen LogP contribution in [-0.4, -0.2) is 45.5 Å². The molecule has 0 unspecified atom stereocenters. The number of ether oxygens (including phenoxy) is 3. The molecule has 2 rings (SSSR count). The van der Waals surface area contributed by atoms with Crippen molar-refractivity contribution in [2.75, 3.05) is 33.2 Å². The van der Waals surface area contributed by atoms with Crippen LogP contribution in [0.5, 0.6) is 17.2 Å². The maximum atomic E-state index is 12.4. The topological polar surface area (TPSA) is 103 Å². The zero-order chi connectivity index (χ0) is 20.7. The van der Waals surface area contributed by atoms with Gasteiger partial charge in [-0.3, -0.25) is 14.4 Å². The highest BCUT2D eigenvalue weighted by molar-refractivity contribution is 6.01. The quantitative estimate of drug-likeness (QED) is 0.675. The number of anilines is 1. The van der Waals surface area contributed by atoms with E-state index in [4.69, 9.17) is 14.2 Å². The molecule has 0 aromatic heterocycles. The Bertz CT molecular complexity index is 869. The standard InChI is InChI=1S/C20H22N2O6/c1-12(23)13-6-5-7-15(8-13)22-18(24)11-21-20(25)14-9-16(26-2)19(28-4)17(10-14)27-3/h5-10H,11H2,1-4H3,(H,21,25)(H,22,24). The fourth-order valence-corrected chi connectivity index (χ4v) is 2.50. The Balaban J connectivity index is 2.04. The third-order valence-electron chi connectivity index (χ3n) is 3.89. The van der Waals surface area contributed by atoms with E-state index in [1.54, 1.807) is 24.3 Å². The van der Waals surface area contributed by atoms with Crippen molar-refractivity contribution in [3.05, 3.63) is 47.5 Å². The molecule has 0 heterocycles. The molecule has 2 aromatic rings. The van der Waals surface area contributed by atoms with Gasteiger partial charge in [-0.1, -0.05) is 12.1 Å². The van der Waals surface area contributed by atoms with Gasteiger partial charge in [0, 0.05) is 16.8 Å². The summed E-state index contributed by atoms with van der Waals surface area (Å²) in [4.78, 5) is 35.9. The van der Waals surface area contributed by atoms with E-state index in [9.17, 15) is 14.4 Å². The molecule has 0 aliphatic rings. The number of carbonyl (C=O) groups is 3. The lowest BCUT2D eigenvalue weighted by Gasteiger charge is -2.14. The average Bonchev–Trinajstić information content (AvgIpc) is 2.70. The number of benzene rings is 2. The van der Waals surface area contributed by atoms with Crippen molar-refractivity contribution < 1.29 is 28.6 Å². The number of Topliss-reactive ketones (excluding diaryl/α,β-unsaturated/α-hetero) is 1. The van der Waals surface area contributed by atoms with Crippen LogP contribution < -0.4 is 24.8 Å². The average molecular weight is 386 g/mol. The lowest BCUT2D eigenvalue weighted by molar-refractivity contribution is -0.115. The second-order valence-corrected chi connectivity index (χ2v) is 5.78. The van der Waals surface area contributed by atoms with E-state index in [0.29, 0.717) is 28.5 Å². The SMILES string of the molecule is COc1cc(C(=O)NCC(=O)Nc2cccc(C(C)=O)c2)cc(OC)c1OC. The molecular weight excluding hydrogens is 364 g/mol. The molecule has 8 nitrogen and oxygen atoms in total. The van der Waals surface area contributed by atoms with Gasteiger partial charge in [-0.2, -0.15) is 0 Å². The highest BCUT2D eigenvalue weighted by Gasteiger charge is 2.17. The first-order chi connectivity index (χ1) is 13.4. The lowest BCUT2D eigenvalue weighted by atomic mass is 10.1. The highest BCUT2D eigenvalue weighted by Crippen LogP contribution is 2.38. The number of ketones is 1. The van der Waals surface area contributed by atoms with Gasteiger partial charge in [-0.05, 0) is 31.2 Å². The molecule has 2 amide bonds.